The zero-order valence-corrected chi connectivity index (χ0v) is 11.5. The molecule has 1 aliphatic heterocycles. The Morgan fingerprint density at radius 2 is 1.68 bits per heavy atom. The van der Waals surface area contributed by atoms with Crippen LogP contribution in [0, 0.1) is 0 Å². The second-order valence-electron chi connectivity index (χ2n) is 5.26. The lowest BCUT2D eigenvalue weighted by atomic mass is 10.0. The van der Waals surface area contributed by atoms with Crippen molar-refractivity contribution in [1.29, 1.82) is 0 Å². The van der Waals surface area contributed by atoms with Crippen molar-refractivity contribution >= 4 is 10.8 Å². The Morgan fingerprint density at radius 3 is 2.53 bits per heavy atom. The van der Waals surface area contributed by atoms with Crippen molar-refractivity contribution in [2.75, 3.05) is 33.2 Å². The van der Waals surface area contributed by atoms with E-state index in [2.05, 4.69) is 64.8 Å². The number of nitrogens with zero attached hydrogens (tertiary/aromatic N) is 2. The lowest BCUT2D eigenvalue weighted by Gasteiger charge is -2.32. The minimum atomic E-state index is 0.908. The molecule has 1 saturated heterocycles. The fourth-order valence-corrected chi connectivity index (χ4v) is 2.61. The highest BCUT2D eigenvalue weighted by atomic mass is 15.5. The highest BCUT2D eigenvalue weighted by molar-refractivity contribution is 5.85. The van der Waals surface area contributed by atoms with Crippen LogP contribution in [0.5, 0.6) is 0 Å². The average molecular weight is 255 g/mol. The fourth-order valence-electron chi connectivity index (χ4n) is 2.61. The van der Waals surface area contributed by atoms with Gasteiger partial charge in [0.1, 0.15) is 0 Å². The molecule has 2 aromatic carbocycles. The Labute approximate surface area is 114 Å². The van der Waals surface area contributed by atoms with E-state index in [1.54, 1.807) is 0 Å². The molecule has 3 nitrogen and oxygen atoms in total. The molecule has 1 aliphatic rings. The van der Waals surface area contributed by atoms with E-state index >= 15 is 0 Å². The maximum absolute atomic E-state index is 3.56. The van der Waals surface area contributed by atoms with Crippen LogP contribution in [0.25, 0.3) is 10.8 Å². The van der Waals surface area contributed by atoms with Crippen LogP contribution in [0.4, 0.5) is 0 Å². The monoisotopic (exact) mass is 255 g/mol. The van der Waals surface area contributed by atoms with Gasteiger partial charge < -0.3 is 4.90 Å². The van der Waals surface area contributed by atoms with Crippen LogP contribution in [-0.2, 0) is 6.54 Å². The van der Waals surface area contributed by atoms with Crippen molar-refractivity contribution in [3.63, 3.8) is 0 Å². The van der Waals surface area contributed by atoms with Crippen molar-refractivity contribution in [3.05, 3.63) is 48.0 Å². The van der Waals surface area contributed by atoms with Crippen LogP contribution in [-0.4, -0.2) is 43.1 Å². The average Bonchev–Trinajstić information content (AvgIpc) is 2.47. The van der Waals surface area contributed by atoms with Gasteiger partial charge in [0, 0.05) is 32.7 Å². The van der Waals surface area contributed by atoms with E-state index in [-0.39, 0.29) is 0 Å². The predicted octanol–water partition coefficient (Wildman–Crippen LogP) is 2.09. The molecule has 2 aromatic rings. The van der Waals surface area contributed by atoms with Gasteiger partial charge in [0.25, 0.3) is 0 Å². The molecule has 0 atom stereocenters. The number of rotatable bonds is 3. The summed E-state index contributed by atoms with van der Waals surface area (Å²) in [7, 11) is 2.18. The third-order valence-corrected chi connectivity index (χ3v) is 3.88. The van der Waals surface area contributed by atoms with Crippen molar-refractivity contribution in [3.8, 4) is 0 Å². The molecule has 1 N–H and O–H groups in total. The molecule has 1 fully saturated rings. The smallest absolute Gasteiger partial charge is 0.0359 e. The second kappa shape index (κ2) is 5.70. The van der Waals surface area contributed by atoms with Crippen LogP contribution >= 0.6 is 0 Å². The predicted molar refractivity (Wildman–Crippen MR) is 79.9 cm³/mol. The van der Waals surface area contributed by atoms with Gasteiger partial charge in [-0.3, -0.25) is 5.43 Å². The molecule has 19 heavy (non-hydrogen) atoms. The van der Waals surface area contributed by atoms with E-state index in [0.29, 0.717) is 0 Å². The van der Waals surface area contributed by atoms with Gasteiger partial charge in [-0.15, -0.1) is 0 Å². The minimum Gasteiger partial charge on any atom is -0.304 e. The fraction of sp³-hybridized carbons (Fsp3) is 0.375. The summed E-state index contributed by atoms with van der Waals surface area (Å²) in [5.74, 6) is 0. The van der Waals surface area contributed by atoms with Crippen LogP contribution in [0.2, 0.25) is 0 Å². The molecule has 100 valence electrons. The van der Waals surface area contributed by atoms with Gasteiger partial charge in [-0.2, -0.15) is 0 Å². The maximum Gasteiger partial charge on any atom is 0.0359 e. The summed E-state index contributed by atoms with van der Waals surface area (Å²) in [6, 6.07) is 15.1. The SMILES string of the molecule is CN1CCN(NCc2cccc3ccccc23)CC1. The van der Waals surface area contributed by atoms with Crippen molar-refractivity contribution in [1.82, 2.24) is 15.3 Å². The third-order valence-electron chi connectivity index (χ3n) is 3.88. The van der Waals surface area contributed by atoms with Crippen LogP contribution in [0.1, 0.15) is 5.56 Å². The first-order valence-corrected chi connectivity index (χ1v) is 6.96. The number of hydrazine groups is 1. The quantitative estimate of drug-likeness (QED) is 0.906. The van der Waals surface area contributed by atoms with Gasteiger partial charge in [-0.25, -0.2) is 5.01 Å². The van der Waals surface area contributed by atoms with E-state index in [0.717, 1.165) is 32.7 Å². The highest BCUT2D eigenvalue weighted by Gasteiger charge is 2.13. The van der Waals surface area contributed by atoms with Gasteiger partial charge in [-0.1, -0.05) is 42.5 Å². The van der Waals surface area contributed by atoms with E-state index in [9.17, 15) is 0 Å². The molecule has 1 heterocycles. The van der Waals surface area contributed by atoms with Crippen molar-refractivity contribution < 1.29 is 0 Å². The Hall–Kier alpha value is -1.42. The first-order valence-electron chi connectivity index (χ1n) is 6.96. The van der Waals surface area contributed by atoms with Gasteiger partial charge in [0.2, 0.25) is 0 Å². The number of nitrogens with one attached hydrogen (secondary N) is 1. The number of piperazine rings is 1. The zero-order valence-electron chi connectivity index (χ0n) is 11.5. The molecule has 0 saturated carbocycles. The van der Waals surface area contributed by atoms with Crippen LogP contribution in [0.3, 0.4) is 0 Å². The van der Waals surface area contributed by atoms with E-state index in [1.807, 2.05) is 0 Å². The lowest BCUT2D eigenvalue weighted by molar-refractivity contribution is 0.102. The largest absolute Gasteiger partial charge is 0.304 e. The number of benzene rings is 2. The highest BCUT2D eigenvalue weighted by Crippen LogP contribution is 2.18. The summed E-state index contributed by atoms with van der Waals surface area (Å²) >= 11 is 0. The first kappa shape index (κ1) is 12.6. The molecule has 0 aliphatic carbocycles. The maximum atomic E-state index is 3.56. The van der Waals surface area contributed by atoms with E-state index < -0.39 is 0 Å². The number of hydrogen-bond donors (Lipinski definition) is 1. The Morgan fingerprint density at radius 1 is 0.947 bits per heavy atom. The summed E-state index contributed by atoms with van der Waals surface area (Å²) in [6.07, 6.45) is 0. The lowest BCUT2D eigenvalue weighted by Crippen LogP contribution is -2.50. The minimum absolute atomic E-state index is 0.908. The summed E-state index contributed by atoms with van der Waals surface area (Å²) < 4.78 is 0. The molecule has 0 unspecified atom stereocenters. The molecular formula is C16H21N3. The molecule has 3 heteroatoms. The van der Waals surface area contributed by atoms with Gasteiger partial charge >= 0.3 is 0 Å². The molecule has 0 bridgehead atoms. The van der Waals surface area contributed by atoms with Gasteiger partial charge in [0.05, 0.1) is 0 Å². The summed E-state index contributed by atoms with van der Waals surface area (Å²) in [5.41, 5.74) is 4.93. The van der Waals surface area contributed by atoms with Gasteiger partial charge in [0.15, 0.2) is 0 Å². The summed E-state index contributed by atoms with van der Waals surface area (Å²) in [4.78, 5) is 2.37. The van der Waals surface area contributed by atoms with Gasteiger partial charge in [-0.05, 0) is 23.4 Å². The number of hydrogen-bond acceptors (Lipinski definition) is 3. The van der Waals surface area contributed by atoms with Crippen molar-refractivity contribution in [2.24, 2.45) is 0 Å². The third kappa shape index (κ3) is 2.95. The molecule has 0 spiro atoms. The standard InChI is InChI=1S/C16H21N3/c1-18-9-11-19(12-10-18)17-13-15-7-4-6-14-5-2-3-8-16(14)15/h2-8,17H,9-13H2,1H3. The molecule has 0 radical (unpaired) electrons. The number of likely N-dealkylation sites (N-methyl/N-ethyl adjacent to an activating group) is 1. The van der Waals surface area contributed by atoms with E-state index in [1.165, 1.54) is 16.3 Å². The van der Waals surface area contributed by atoms with E-state index in [4.69, 9.17) is 0 Å². The zero-order chi connectivity index (χ0) is 13.1. The second-order valence-corrected chi connectivity index (χ2v) is 5.26. The normalized spacial score (nSPS) is 17.9. The first-order chi connectivity index (χ1) is 9.33. The Kier molecular flexibility index (Phi) is 3.78. The molecule has 0 aromatic heterocycles. The van der Waals surface area contributed by atoms with Crippen LogP contribution in [0.15, 0.2) is 42.5 Å². The topological polar surface area (TPSA) is 18.5 Å². The van der Waals surface area contributed by atoms with Crippen LogP contribution < -0.4 is 5.43 Å². The molecule has 3 rings (SSSR count). The molecule has 0 amide bonds. The Balaban J connectivity index is 1.68. The Bertz CT molecular complexity index is 539. The van der Waals surface area contributed by atoms with Crippen molar-refractivity contribution in [2.45, 2.75) is 6.54 Å². The molecular weight excluding hydrogens is 234 g/mol. The number of fused-ring (bicyclic) bond motifs is 1. The summed E-state index contributed by atoms with van der Waals surface area (Å²) in [6.45, 7) is 5.39. The summed E-state index contributed by atoms with van der Waals surface area (Å²) in [5, 5.41) is 5.01.